The van der Waals surface area contributed by atoms with E-state index in [1.54, 1.807) is 13.3 Å². The molecule has 6 heteroatoms. The smallest absolute Gasteiger partial charge is 0.141 e. The van der Waals surface area contributed by atoms with Crippen molar-refractivity contribution < 1.29 is 9.47 Å². The molecule has 0 amide bonds. The lowest BCUT2D eigenvalue weighted by Crippen LogP contribution is -2.17. The van der Waals surface area contributed by atoms with E-state index in [1.165, 1.54) is 35.4 Å². The van der Waals surface area contributed by atoms with Crippen LogP contribution < -0.4 is 9.47 Å². The van der Waals surface area contributed by atoms with Gasteiger partial charge >= 0.3 is 0 Å². The van der Waals surface area contributed by atoms with Gasteiger partial charge in [-0.15, -0.1) is 0 Å². The predicted octanol–water partition coefficient (Wildman–Crippen LogP) is 9.75. The van der Waals surface area contributed by atoms with Crippen molar-refractivity contribution in [2.75, 3.05) is 7.11 Å². The third-order valence-corrected chi connectivity index (χ3v) is 9.35. The van der Waals surface area contributed by atoms with Gasteiger partial charge in [-0.3, -0.25) is 4.57 Å². The highest BCUT2D eigenvalue weighted by Crippen LogP contribution is 2.42. The van der Waals surface area contributed by atoms with Crippen LogP contribution in [0.4, 0.5) is 0 Å². The van der Waals surface area contributed by atoms with Crippen molar-refractivity contribution in [3.63, 3.8) is 0 Å². The molecule has 6 aromatic rings. The molecule has 0 radical (unpaired) electrons. The Kier molecular flexibility index (Phi) is 7.66. The number of hydrogen-bond donors (Lipinski definition) is 0. The highest BCUT2D eigenvalue weighted by atomic mass is 16.5. The first-order chi connectivity index (χ1) is 22.0. The number of fused-ring (bicyclic) bond motifs is 3. The van der Waals surface area contributed by atoms with Gasteiger partial charge in [0.2, 0.25) is 0 Å². The van der Waals surface area contributed by atoms with Crippen LogP contribution in [-0.4, -0.2) is 26.4 Å². The molecule has 1 aliphatic carbocycles. The second-order valence-corrected chi connectivity index (χ2v) is 12.1. The van der Waals surface area contributed by atoms with E-state index in [0.717, 1.165) is 63.4 Å². The van der Waals surface area contributed by atoms with Crippen molar-refractivity contribution >= 4 is 21.8 Å². The van der Waals surface area contributed by atoms with Crippen LogP contribution in [-0.2, 0) is 12.8 Å². The fourth-order valence-corrected chi connectivity index (χ4v) is 7.24. The molecule has 0 bridgehead atoms. The molecule has 3 heterocycles. The topological polar surface area (TPSA) is 54.1 Å². The van der Waals surface area contributed by atoms with Crippen LogP contribution in [0.15, 0.2) is 96.7 Å². The summed E-state index contributed by atoms with van der Waals surface area (Å²) >= 11 is 0. The molecular weight excluding hydrogens is 556 g/mol. The molecule has 0 saturated carbocycles. The Hall–Kier alpha value is -4.84. The van der Waals surface area contributed by atoms with E-state index in [1.807, 2.05) is 24.3 Å². The number of methoxy groups -OCH3 is 1. The number of hydrogen-bond acceptors (Lipinski definition) is 4. The van der Waals surface area contributed by atoms with Crippen LogP contribution in [0.25, 0.3) is 33.3 Å². The summed E-state index contributed by atoms with van der Waals surface area (Å²) < 4.78 is 16.4. The monoisotopic (exact) mass is 596 g/mol. The molecular formula is C39H40N4O2. The van der Waals surface area contributed by atoms with Crippen molar-refractivity contribution in [1.29, 1.82) is 0 Å². The Balaban J connectivity index is 1.29. The number of para-hydroxylation sites is 1. The lowest BCUT2D eigenvalue weighted by atomic mass is 9.74. The Morgan fingerprint density at radius 2 is 1.67 bits per heavy atom. The van der Waals surface area contributed by atoms with Crippen molar-refractivity contribution in [3.05, 3.63) is 114 Å². The molecule has 0 N–H and O–H groups in total. The number of rotatable bonds is 8. The number of nitrogens with zero attached hydrogens (tertiary/aromatic N) is 4. The van der Waals surface area contributed by atoms with E-state index in [4.69, 9.17) is 19.6 Å². The van der Waals surface area contributed by atoms with Gasteiger partial charge in [0.05, 0.1) is 29.5 Å². The number of allylic oxidation sites excluding steroid dienone is 2. The third-order valence-electron chi connectivity index (χ3n) is 9.35. The van der Waals surface area contributed by atoms with Gasteiger partial charge in [0, 0.05) is 52.3 Å². The number of pyridine rings is 1. The van der Waals surface area contributed by atoms with Gasteiger partial charge < -0.3 is 9.47 Å². The molecule has 0 aliphatic heterocycles. The summed E-state index contributed by atoms with van der Waals surface area (Å²) in [6.07, 6.45) is 8.43. The Morgan fingerprint density at radius 1 is 0.844 bits per heavy atom. The van der Waals surface area contributed by atoms with Crippen LogP contribution in [0.1, 0.15) is 63.4 Å². The molecule has 2 atom stereocenters. The summed E-state index contributed by atoms with van der Waals surface area (Å²) in [6.45, 7) is 9.16. The number of aryl methyl sites for hydroxylation is 1. The minimum Gasteiger partial charge on any atom is -0.497 e. The fraction of sp³-hybridized carbons (Fsp3) is 0.282. The zero-order valence-electron chi connectivity index (χ0n) is 26.7. The highest BCUT2D eigenvalue weighted by Gasteiger charge is 2.31. The first kappa shape index (κ1) is 28.9. The lowest BCUT2D eigenvalue weighted by molar-refractivity contribution is 0.414. The first-order valence-corrected chi connectivity index (χ1v) is 16.1. The van der Waals surface area contributed by atoms with Crippen LogP contribution in [0, 0.1) is 5.92 Å². The molecule has 228 valence electrons. The van der Waals surface area contributed by atoms with Gasteiger partial charge in [0.15, 0.2) is 0 Å². The Morgan fingerprint density at radius 3 is 2.47 bits per heavy atom. The van der Waals surface area contributed by atoms with Crippen molar-refractivity contribution in [1.82, 2.24) is 19.3 Å². The van der Waals surface area contributed by atoms with Gasteiger partial charge in [0.25, 0.3) is 0 Å². The van der Waals surface area contributed by atoms with E-state index in [9.17, 15) is 0 Å². The molecule has 0 saturated heterocycles. The molecule has 6 nitrogen and oxygen atoms in total. The molecule has 3 aromatic heterocycles. The summed E-state index contributed by atoms with van der Waals surface area (Å²) in [5.41, 5.74) is 8.53. The SMILES string of the molecule is CCc1nn(-c2cccc(Oc3ccc4c5ccccc5n(-c5cc(OC)ccn5)c4c3)c2)c(CC)c1C1C(C)=CCC[C@@H]1C. The maximum atomic E-state index is 6.56. The van der Waals surface area contributed by atoms with Crippen LogP contribution >= 0.6 is 0 Å². The van der Waals surface area contributed by atoms with E-state index in [2.05, 4.69) is 97.6 Å². The van der Waals surface area contributed by atoms with E-state index in [-0.39, 0.29) is 0 Å². The Labute approximate surface area is 264 Å². The maximum absolute atomic E-state index is 6.56. The highest BCUT2D eigenvalue weighted by molar-refractivity contribution is 6.09. The van der Waals surface area contributed by atoms with Crippen molar-refractivity contribution in [2.45, 2.75) is 59.3 Å². The van der Waals surface area contributed by atoms with E-state index < -0.39 is 0 Å². The average molecular weight is 597 g/mol. The number of ether oxygens (including phenoxy) is 2. The number of benzene rings is 3. The summed E-state index contributed by atoms with van der Waals surface area (Å²) in [6, 6.07) is 26.8. The largest absolute Gasteiger partial charge is 0.497 e. The number of aromatic nitrogens is 4. The van der Waals surface area contributed by atoms with Gasteiger partial charge in [0.1, 0.15) is 23.1 Å². The standard InChI is InChI=1S/C39H40N4O2/c1-6-33-39(38-25(3)12-10-13-26(38)4)34(7-2)43(41-33)27-14-11-15-29(22-27)45-30-18-19-32-31-16-8-9-17-35(31)42(36(32)23-30)37-24-28(44-5)20-21-40-37/h8-9,11-12,14-24,26,38H,6-7,10,13H2,1-5H3/t26-,38?/m0/s1. The predicted molar refractivity (Wildman–Crippen MR) is 182 cm³/mol. The maximum Gasteiger partial charge on any atom is 0.141 e. The summed E-state index contributed by atoms with van der Waals surface area (Å²) in [4.78, 5) is 4.69. The zero-order chi connectivity index (χ0) is 31.1. The third kappa shape index (κ3) is 5.08. The molecule has 45 heavy (non-hydrogen) atoms. The van der Waals surface area contributed by atoms with E-state index in [0.29, 0.717) is 11.8 Å². The van der Waals surface area contributed by atoms with Crippen LogP contribution in [0.5, 0.6) is 17.2 Å². The minimum atomic E-state index is 0.425. The van der Waals surface area contributed by atoms with Gasteiger partial charge in [-0.25, -0.2) is 9.67 Å². The first-order valence-electron chi connectivity index (χ1n) is 16.1. The molecule has 1 unspecified atom stereocenters. The molecule has 7 rings (SSSR count). The van der Waals surface area contributed by atoms with E-state index >= 15 is 0 Å². The second-order valence-electron chi connectivity index (χ2n) is 12.1. The summed E-state index contributed by atoms with van der Waals surface area (Å²) in [5, 5.41) is 7.50. The van der Waals surface area contributed by atoms with Gasteiger partial charge in [-0.1, -0.05) is 56.7 Å². The van der Waals surface area contributed by atoms with Crippen molar-refractivity contribution in [2.24, 2.45) is 5.92 Å². The lowest BCUT2D eigenvalue weighted by Gasteiger charge is -2.30. The summed E-state index contributed by atoms with van der Waals surface area (Å²) in [5.74, 6) is 4.12. The van der Waals surface area contributed by atoms with Gasteiger partial charge in [-0.05, 0) is 74.9 Å². The Bertz CT molecular complexity index is 2050. The van der Waals surface area contributed by atoms with Gasteiger partial charge in [-0.2, -0.15) is 5.10 Å². The minimum absolute atomic E-state index is 0.425. The quantitative estimate of drug-likeness (QED) is 0.164. The summed E-state index contributed by atoms with van der Waals surface area (Å²) in [7, 11) is 1.68. The normalized spacial score (nSPS) is 16.7. The molecule has 0 spiro atoms. The van der Waals surface area contributed by atoms with Crippen LogP contribution in [0.2, 0.25) is 0 Å². The zero-order valence-corrected chi connectivity index (χ0v) is 26.7. The van der Waals surface area contributed by atoms with Crippen LogP contribution in [0.3, 0.4) is 0 Å². The molecule has 3 aromatic carbocycles. The van der Waals surface area contributed by atoms with Crippen molar-refractivity contribution in [3.8, 4) is 28.8 Å². The molecule has 0 fully saturated rings. The average Bonchev–Trinajstić information content (AvgIpc) is 3.60. The molecule has 1 aliphatic rings. The fourth-order valence-electron chi connectivity index (χ4n) is 7.24. The second kappa shape index (κ2) is 11.9.